The van der Waals surface area contributed by atoms with Crippen LogP contribution in [0.4, 0.5) is 0 Å². The maximum atomic E-state index is 5.96. The van der Waals surface area contributed by atoms with Crippen molar-refractivity contribution in [2.75, 3.05) is 6.61 Å². The summed E-state index contributed by atoms with van der Waals surface area (Å²) >= 11 is 0. The molecule has 1 N–H and O–H groups in total. The van der Waals surface area contributed by atoms with E-state index < -0.39 is 0 Å². The lowest BCUT2D eigenvalue weighted by Crippen LogP contribution is -2.71. The topological polar surface area (TPSA) is 47.0 Å². The summed E-state index contributed by atoms with van der Waals surface area (Å²) < 4.78 is 5.96. The number of fused-ring (bicyclic) bond motifs is 2. The molecule has 0 aromatic carbocycles. The molecular formula is C15H21N3O. The smallest absolute Gasteiger partial charge is 0.0753 e. The van der Waals surface area contributed by atoms with Gasteiger partial charge in [0.05, 0.1) is 11.8 Å². The molecule has 2 aliphatic carbocycles. The zero-order valence-corrected chi connectivity index (χ0v) is 11.4. The Kier molecular flexibility index (Phi) is 2.64. The summed E-state index contributed by atoms with van der Waals surface area (Å²) in [4.78, 5) is 8.58. The number of rotatable bonds is 3. The second kappa shape index (κ2) is 4.25. The minimum absolute atomic E-state index is 0.276. The van der Waals surface area contributed by atoms with Gasteiger partial charge in [0, 0.05) is 48.6 Å². The predicted molar refractivity (Wildman–Crippen MR) is 71.5 cm³/mol. The molecule has 1 aromatic rings. The van der Waals surface area contributed by atoms with Crippen LogP contribution in [0.2, 0.25) is 0 Å². The van der Waals surface area contributed by atoms with Crippen molar-refractivity contribution in [2.45, 2.75) is 50.8 Å². The van der Waals surface area contributed by atoms with Crippen molar-refractivity contribution in [3.05, 3.63) is 24.3 Å². The molecule has 102 valence electrons. The van der Waals surface area contributed by atoms with Gasteiger partial charge < -0.3 is 10.1 Å². The van der Waals surface area contributed by atoms with Gasteiger partial charge in [0.1, 0.15) is 0 Å². The van der Waals surface area contributed by atoms with Gasteiger partial charge in [-0.05, 0) is 26.2 Å². The molecule has 3 aliphatic rings. The van der Waals surface area contributed by atoms with E-state index in [0.717, 1.165) is 18.2 Å². The van der Waals surface area contributed by atoms with Gasteiger partial charge in [0.25, 0.3) is 0 Å². The standard InChI is InChI=1S/C15H21N3O/c1-10(12-9-16-6-7-17-12)18-13-11-3-8-19-14(11)15(13)4-2-5-15/h6-7,9-11,13-14,18H,2-5,8H2,1H3. The monoisotopic (exact) mass is 259 g/mol. The van der Waals surface area contributed by atoms with Crippen LogP contribution in [-0.4, -0.2) is 28.7 Å². The van der Waals surface area contributed by atoms with E-state index in [9.17, 15) is 0 Å². The molecule has 4 rings (SSSR count). The van der Waals surface area contributed by atoms with Gasteiger partial charge in [-0.15, -0.1) is 0 Å². The quantitative estimate of drug-likeness (QED) is 0.903. The molecule has 2 saturated carbocycles. The van der Waals surface area contributed by atoms with Crippen LogP contribution >= 0.6 is 0 Å². The molecule has 0 bridgehead atoms. The fourth-order valence-electron chi connectivity index (χ4n) is 4.38. The van der Waals surface area contributed by atoms with E-state index in [0.29, 0.717) is 17.6 Å². The summed E-state index contributed by atoms with van der Waals surface area (Å²) in [5.74, 6) is 0.722. The Morgan fingerprint density at radius 1 is 1.42 bits per heavy atom. The van der Waals surface area contributed by atoms with E-state index in [-0.39, 0.29) is 6.04 Å². The molecule has 1 saturated heterocycles. The predicted octanol–water partition coefficient (Wildman–Crippen LogP) is 2.08. The SMILES string of the molecule is CC(NC1C2CCOC2C12CCC2)c1cnccn1. The first-order valence-corrected chi connectivity index (χ1v) is 7.45. The van der Waals surface area contributed by atoms with Crippen molar-refractivity contribution in [3.63, 3.8) is 0 Å². The number of hydrogen-bond donors (Lipinski definition) is 1. The zero-order valence-electron chi connectivity index (χ0n) is 11.4. The summed E-state index contributed by atoms with van der Waals surface area (Å²) in [6.07, 6.45) is 11.2. The molecule has 4 atom stereocenters. The Hall–Kier alpha value is -1.00. The van der Waals surface area contributed by atoms with E-state index in [4.69, 9.17) is 4.74 Å². The molecule has 1 aromatic heterocycles. The van der Waals surface area contributed by atoms with Crippen LogP contribution in [0.5, 0.6) is 0 Å². The minimum atomic E-state index is 0.276. The fourth-order valence-corrected chi connectivity index (χ4v) is 4.38. The van der Waals surface area contributed by atoms with Crippen LogP contribution < -0.4 is 5.32 Å². The van der Waals surface area contributed by atoms with Gasteiger partial charge in [-0.25, -0.2) is 0 Å². The lowest BCUT2D eigenvalue weighted by molar-refractivity contribution is -0.178. The summed E-state index contributed by atoms with van der Waals surface area (Å²) in [6, 6.07) is 0.892. The summed E-state index contributed by atoms with van der Waals surface area (Å²) in [5.41, 5.74) is 1.48. The van der Waals surface area contributed by atoms with Gasteiger partial charge in [-0.1, -0.05) is 6.42 Å². The van der Waals surface area contributed by atoms with Crippen molar-refractivity contribution in [3.8, 4) is 0 Å². The first-order valence-electron chi connectivity index (χ1n) is 7.45. The highest BCUT2D eigenvalue weighted by Crippen LogP contribution is 2.63. The molecule has 2 heterocycles. The van der Waals surface area contributed by atoms with Crippen LogP contribution in [0.1, 0.15) is 44.3 Å². The second-order valence-electron chi connectivity index (χ2n) is 6.33. The third-order valence-electron chi connectivity index (χ3n) is 5.49. The Balaban J connectivity index is 1.50. The minimum Gasteiger partial charge on any atom is -0.377 e. The molecule has 4 unspecified atom stereocenters. The largest absolute Gasteiger partial charge is 0.377 e. The Morgan fingerprint density at radius 2 is 2.32 bits per heavy atom. The van der Waals surface area contributed by atoms with Crippen LogP contribution in [-0.2, 0) is 4.74 Å². The van der Waals surface area contributed by atoms with E-state index in [1.807, 2.05) is 6.20 Å². The number of aromatic nitrogens is 2. The number of nitrogens with one attached hydrogen (secondary N) is 1. The molecular weight excluding hydrogens is 238 g/mol. The molecule has 4 nitrogen and oxygen atoms in total. The number of nitrogens with zero attached hydrogens (tertiary/aromatic N) is 2. The number of ether oxygens (including phenoxy) is 1. The van der Waals surface area contributed by atoms with Crippen LogP contribution in [0.25, 0.3) is 0 Å². The van der Waals surface area contributed by atoms with Crippen molar-refractivity contribution in [2.24, 2.45) is 11.3 Å². The van der Waals surface area contributed by atoms with Gasteiger partial charge >= 0.3 is 0 Å². The van der Waals surface area contributed by atoms with Gasteiger partial charge in [0.2, 0.25) is 0 Å². The first-order chi connectivity index (χ1) is 9.31. The van der Waals surface area contributed by atoms with Crippen molar-refractivity contribution >= 4 is 0 Å². The van der Waals surface area contributed by atoms with Gasteiger partial charge in [-0.2, -0.15) is 0 Å². The van der Waals surface area contributed by atoms with Crippen molar-refractivity contribution in [1.29, 1.82) is 0 Å². The van der Waals surface area contributed by atoms with Crippen LogP contribution in [0.15, 0.2) is 18.6 Å². The molecule has 19 heavy (non-hydrogen) atoms. The molecule has 4 heteroatoms. The highest BCUT2D eigenvalue weighted by atomic mass is 16.5. The number of hydrogen-bond acceptors (Lipinski definition) is 4. The fraction of sp³-hybridized carbons (Fsp3) is 0.733. The van der Waals surface area contributed by atoms with Gasteiger partial charge in [-0.3, -0.25) is 9.97 Å². The van der Waals surface area contributed by atoms with E-state index in [2.05, 4.69) is 22.2 Å². The van der Waals surface area contributed by atoms with Gasteiger partial charge in [0.15, 0.2) is 0 Å². The normalized spacial score (nSPS) is 36.4. The Labute approximate surface area is 114 Å². The summed E-state index contributed by atoms with van der Waals surface area (Å²) in [5, 5.41) is 3.81. The highest BCUT2D eigenvalue weighted by molar-refractivity contribution is 5.19. The van der Waals surface area contributed by atoms with E-state index in [1.54, 1.807) is 12.4 Å². The summed E-state index contributed by atoms with van der Waals surface area (Å²) in [6.45, 7) is 3.15. The van der Waals surface area contributed by atoms with Crippen LogP contribution in [0, 0.1) is 11.3 Å². The molecule has 3 fully saturated rings. The third kappa shape index (κ3) is 1.59. The molecule has 0 radical (unpaired) electrons. The lowest BCUT2D eigenvalue weighted by Gasteiger charge is -2.64. The maximum Gasteiger partial charge on any atom is 0.0753 e. The van der Waals surface area contributed by atoms with E-state index in [1.165, 1.54) is 25.7 Å². The molecule has 1 aliphatic heterocycles. The van der Waals surface area contributed by atoms with Crippen molar-refractivity contribution < 1.29 is 4.74 Å². The Bertz CT molecular complexity index is 460. The van der Waals surface area contributed by atoms with E-state index >= 15 is 0 Å². The third-order valence-corrected chi connectivity index (χ3v) is 5.49. The zero-order chi connectivity index (χ0) is 12.9. The average molecular weight is 259 g/mol. The lowest BCUT2D eigenvalue weighted by atomic mass is 9.46. The highest BCUT2D eigenvalue weighted by Gasteiger charge is 2.66. The average Bonchev–Trinajstić information content (AvgIpc) is 2.80. The molecule has 1 spiro atoms. The second-order valence-corrected chi connectivity index (χ2v) is 6.33. The first kappa shape index (κ1) is 11.8. The molecule has 0 amide bonds. The van der Waals surface area contributed by atoms with Crippen LogP contribution in [0.3, 0.4) is 0 Å². The van der Waals surface area contributed by atoms with Crippen molar-refractivity contribution in [1.82, 2.24) is 15.3 Å². The summed E-state index contributed by atoms with van der Waals surface area (Å²) in [7, 11) is 0. The maximum absolute atomic E-state index is 5.96. The Morgan fingerprint density at radius 3 is 3.00 bits per heavy atom.